The predicted molar refractivity (Wildman–Crippen MR) is 98.8 cm³/mol. The largest absolute Gasteiger partial charge is 0.493 e. The summed E-state index contributed by atoms with van der Waals surface area (Å²) in [4.78, 5) is 6.48. The minimum atomic E-state index is 0. The minimum absolute atomic E-state index is 0. The first-order chi connectivity index (χ1) is 9.56. The number of nitrogens with two attached hydrogens (primary N) is 1. The lowest BCUT2D eigenvalue weighted by molar-refractivity contribution is 0.354. The molecule has 7 heteroatoms. The average Bonchev–Trinajstić information content (AvgIpc) is 3.28. The first-order valence-electron chi connectivity index (χ1n) is 6.50. The maximum absolute atomic E-state index is 5.99. The van der Waals surface area contributed by atoms with Crippen LogP contribution in [0.5, 0.6) is 11.5 Å². The van der Waals surface area contributed by atoms with Crippen LogP contribution < -0.4 is 15.2 Å². The van der Waals surface area contributed by atoms with E-state index in [9.17, 15) is 0 Å². The van der Waals surface area contributed by atoms with Crippen LogP contribution in [-0.2, 0) is 6.54 Å². The molecule has 1 aliphatic carbocycles. The van der Waals surface area contributed by atoms with Gasteiger partial charge in [0.2, 0.25) is 0 Å². The van der Waals surface area contributed by atoms with E-state index in [2.05, 4.69) is 20.9 Å². The van der Waals surface area contributed by atoms with E-state index in [0.717, 1.165) is 10.0 Å². The molecule has 2 rings (SSSR count). The number of nitrogens with zero attached hydrogens (tertiary/aromatic N) is 2. The van der Waals surface area contributed by atoms with E-state index in [-0.39, 0.29) is 24.0 Å². The predicted octanol–water partition coefficient (Wildman–Crippen LogP) is 2.99. The molecule has 0 amide bonds. The Hall–Kier alpha value is -0.700. The molecule has 0 saturated heterocycles. The number of hydrogen-bond donors (Lipinski definition) is 1. The number of methoxy groups -OCH3 is 2. The van der Waals surface area contributed by atoms with Crippen molar-refractivity contribution in [2.75, 3.05) is 21.3 Å². The van der Waals surface area contributed by atoms with Gasteiger partial charge in [-0.05, 0) is 30.5 Å². The van der Waals surface area contributed by atoms with Crippen LogP contribution in [0.25, 0.3) is 0 Å². The van der Waals surface area contributed by atoms with Crippen LogP contribution in [0.4, 0.5) is 0 Å². The molecule has 0 radical (unpaired) electrons. The Kier molecular flexibility index (Phi) is 7.05. The molecule has 5 nitrogen and oxygen atoms in total. The summed E-state index contributed by atoms with van der Waals surface area (Å²) in [6, 6.07) is 4.36. The molecular weight excluding hydrogens is 449 g/mol. The molecule has 0 aliphatic heterocycles. The van der Waals surface area contributed by atoms with E-state index >= 15 is 0 Å². The summed E-state index contributed by atoms with van der Waals surface area (Å²) in [5.74, 6) is 1.96. The summed E-state index contributed by atoms with van der Waals surface area (Å²) in [5, 5.41) is 0. The summed E-state index contributed by atoms with van der Waals surface area (Å²) in [7, 11) is 5.22. The normalized spacial score (nSPS) is 14.4. The third kappa shape index (κ3) is 4.64. The van der Waals surface area contributed by atoms with Crippen molar-refractivity contribution in [1.29, 1.82) is 0 Å². The number of hydrogen-bond acceptors (Lipinski definition) is 3. The molecule has 1 fully saturated rings. The zero-order chi connectivity index (χ0) is 14.7. The Balaban J connectivity index is 0.00000220. The van der Waals surface area contributed by atoms with Gasteiger partial charge < -0.3 is 20.1 Å². The second-order valence-electron chi connectivity index (χ2n) is 4.82. The van der Waals surface area contributed by atoms with Crippen LogP contribution in [0.15, 0.2) is 21.6 Å². The van der Waals surface area contributed by atoms with E-state index in [1.165, 1.54) is 12.8 Å². The standard InChI is InChI=1S/C14H20BrN3O2.HI/c1-18(10-4-5-10)14(16)17-8-9-6-12(19-2)13(20-3)7-11(9)15;/h6-7,10H,4-5,8H2,1-3H3,(H2,16,17);1H. The van der Waals surface area contributed by atoms with Gasteiger partial charge in [-0.3, -0.25) is 0 Å². The van der Waals surface area contributed by atoms with Crippen molar-refractivity contribution in [1.82, 2.24) is 4.90 Å². The van der Waals surface area contributed by atoms with Gasteiger partial charge in [0.1, 0.15) is 0 Å². The Morgan fingerprint density at radius 3 is 2.43 bits per heavy atom. The summed E-state index contributed by atoms with van der Waals surface area (Å²) in [6.07, 6.45) is 2.40. The van der Waals surface area contributed by atoms with Gasteiger partial charge in [-0.15, -0.1) is 24.0 Å². The second-order valence-corrected chi connectivity index (χ2v) is 5.67. The molecule has 21 heavy (non-hydrogen) atoms. The summed E-state index contributed by atoms with van der Waals surface area (Å²) in [5.41, 5.74) is 7.00. The highest BCUT2D eigenvalue weighted by Crippen LogP contribution is 2.33. The monoisotopic (exact) mass is 469 g/mol. The van der Waals surface area contributed by atoms with Gasteiger partial charge >= 0.3 is 0 Å². The van der Waals surface area contributed by atoms with E-state index < -0.39 is 0 Å². The molecule has 0 spiro atoms. The SMILES string of the molecule is COc1cc(Br)c(CN=C(N)N(C)C2CC2)cc1OC.I. The third-order valence-electron chi connectivity index (χ3n) is 3.42. The minimum Gasteiger partial charge on any atom is -0.493 e. The van der Waals surface area contributed by atoms with Crippen LogP contribution in [0.1, 0.15) is 18.4 Å². The lowest BCUT2D eigenvalue weighted by Crippen LogP contribution is -2.35. The molecule has 0 heterocycles. The molecule has 2 N–H and O–H groups in total. The first kappa shape index (κ1) is 18.3. The highest BCUT2D eigenvalue weighted by Gasteiger charge is 2.27. The Labute approximate surface area is 151 Å². The van der Waals surface area contributed by atoms with Gasteiger partial charge in [-0.2, -0.15) is 0 Å². The van der Waals surface area contributed by atoms with Crippen LogP contribution >= 0.6 is 39.9 Å². The summed E-state index contributed by atoms with van der Waals surface area (Å²) < 4.78 is 11.5. The van der Waals surface area contributed by atoms with E-state index in [1.54, 1.807) is 14.2 Å². The van der Waals surface area contributed by atoms with Crippen molar-refractivity contribution < 1.29 is 9.47 Å². The Morgan fingerprint density at radius 1 is 1.33 bits per heavy atom. The van der Waals surface area contributed by atoms with Gasteiger partial charge in [-0.25, -0.2) is 4.99 Å². The van der Waals surface area contributed by atoms with Crippen molar-refractivity contribution in [2.45, 2.75) is 25.4 Å². The van der Waals surface area contributed by atoms with Gasteiger partial charge in [-0.1, -0.05) is 15.9 Å². The molecule has 1 aromatic rings. The Bertz CT molecular complexity index is 521. The smallest absolute Gasteiger partial charge is 0.191 e. The van der Waals surface area contributed by atoms with Crippen molar-refractivity contribution in [3.63, 3.8) is 0 Å². The fourth-order valence-electron chi connectivity index (χ4n) is 1.94. The summed E-state index contributed by atoms with van der Waals surface area (Å²) >= 11 is 3.52. The number of benzene rings is 1. The van der Waals surface area contributed by atoms with Crippen molar-refractivity contribution in [3.8, 4) is 11.5 Å². The summed E-state index contributed by atoms with van der Waals surface area (Å²) in [6.45, 7) is 0.504. The van der Waals surface area contributed by atoms with Crippen molar-refractivity contribution >= 4 is 45.9 Å². The molecule has 0 unspecified atom stereocenters. The fourth-order valence-corrected chi connectivity index (χ4v) is 2.39. The van der Waals surface area contributed by atoms with Crippen molar-refractivity contribution in [2.24, 2.45) is 10.7 Å². The molecular formula is C14H21BrIN3O2. The average molecular weight is 470 g/mol. The zero-order valence-electron chi connectivity index (χ0n) is 12.4. The van der Waals surface area contributed by atoms with Crippen LogP contribution in [-0.4, -0.2) is 38.2 Å². The molecule has 118 valence electrons. The fraction of sp³-hybridized carbons (Fsp3) is 0.500. The van der Waals surface area contributed by atoms with Gasteiger partial charge in [0.15, 0.2) is 17.5 Å². The number of rotatable bonds is 5. The highest BCUT2D eigenvalue weighted by atomic mass is 127. The lowest BCUT2D eigenvalue weighted by atomic mass is 10.2. The number of ether oxygens (including phenoxy) is 2. The van der Waals surface area contributed by atoms with E-state index in [4.69, 9.17) is 15.2 Å². The molecule has 1 aliphatic rings. The van der Waals surface area contributed by atoms with Crippen LogP contribution in [0.2, 0.25) is 0 Å². The quantitative estimate of drug-likeness (QED) is 0.409. The van der Waals surface area contributed by atoms with Crippen molar-refractivity contribution in [3.05, 3.63) is 22.2 Å². The van der Waals surface area contributed by atoms with Gasteiger partial charge in [0, 0.05) is 17.6 Å². The third-order valence-corrected chi connectivity index (χ3v) is 4.16. The maximum Gasteiger partial charge on any atom is 0.191 e. The molecule has 0 bridgehead atoms. The number of aliphatic imine (C=N–C) groups is 1. The molecule has 0 aromatic heterocycles. The second kappa shape index (κ2) is 8.07. The maximum atomic E-state index is 5.99. The zero-order valence-corrected chi connectivity index (χ0v) is 16.3. The van der Waals surface area contributed by atoms with Crippen LogP contribution in [0.3, 0.4) is 0 Å². The van der Waals surface area contributed by atoms with E-state index in [1.807, 2.05) is 24.1 Å². The lowest BCUT2D eigenvalue weighted by Gasteiger charge is -2.17. The number of guanidine groups is 1. The topological polar surface area (TPSA) is 60.1 Å². The molecule has 0 atom stereocenters. The van der Waals surface area contributed by atoms with Gasteiger partial charge in [0.25, 0.3) is 0 Å². The van der Waals surface area contributed by atoms with Gasteiger partial charge in [0.05, 0.1) is 20.8 Å². The first-order valence-corrected chi connectivity index (χ1v) is 7.29. The molecule has 1 saturated carbocycles. The highest BCUT2D eigenvalue weighted by molar-refractivity contribution is 14.0. The molecule has 1 aromatic carbocycles. The number of halogens is 2. The van der Waals surface area contributed by atoms with Crippen LogP contribution in [0, 0.1) is 0 Å². The Morgan fingerprint density at radius 2 is 1.90 bits per heavy atom. The van der Waals surface area contributed by atoms with E-state index in [0.29, 0.717) is 30.0 Å².